The molecule has 1 aromatic heterocycles. The predicted molar refractivity (Wildman–Crippen MR) is 107 cm³/mol. The predicted octanol–water partition coefficient (Wildman–Crippen LogP) is 1.89. The van der Waals surface area contributed by atoms with Crippen LogP contribution in [0, 0.1) is 0 Å². The second-order valence-electron chi connectivity index (χ2n) is 6.17. The van der Waals surface area contributed by atoms with Crippen LogP contribution in [0.15, 0.2) is 23.3 Å². The van der Waals surface area contributed by atoms with Gasteiger partial charge in [-0.05, 0) is 26.0 Å². The van der Waals surface area contributed by atoms with Crippen LogP contribution >= 0.6 is 0 Å². The van der Waals surface area contributed by atoms with Gasteiger partial charge in [-0.2, -0.15) is 0 Å². The summed E-state index contributed by atoms with van der Waals surface area (Å²) < 4.78 is 10.9. The lowest BCUT2D eigenvalue weighted by Crippen LogP contribution is -2.40. The van der Waals surface area contributed by atoms with Crippen molar-refractivity contribution in [1.29, 1.82) is 0 Å². The van der Waals surface area contributed by atoms with E-state index in [-0.39, 0.29) is 0 Å². The van der Waals surface area contributed by atoms with E-state index in [1.807, 2.05) is 12.1 Å². The summed E-state index contributed by atoms with van der Waals surface area (Å²) in [6.07, 6.45) is 4.94. The number of hydrogen-bond acceptors (Lipinski definition) is 5. The summed E-state index contributed by atoms with van der Waals surface area (Å²) in [6.45, 7) is 7.07. The first kappa shape index (κ1) is 22.2. The lowest BCUT2D eigenvalue weighted by molar-refractivity contribution is 0.180. The summed E-state index contributed by atoms with van der Waals surface area (Å²) in [5, 5.41) is 6.66. The quantitative estimate of drug-likeness (QED) is 0.316. The van der Waals surface area contributed by atoms with Crippen LogP contribution in [0.4, 0.5) is 0 Å². The molecular weight excluding hydrogens is 330 g/mol. The second kappa shape index (κ2) is 14.3. The topological polar surface area (TPSA) is 71.0 Å². The van der Waals surface area contributed by atoms with Gasteiger partial charge < -0.3 is 25.0 Å². The van der Waals surface area contributed by atoms with Gasteiger partial charge in [0.25, 0.3) is 0 Å². The van der Waals surface area contributed by atoms with E-state index in [0.29, 0.717) is 19.0 Å². The molecule has 0 saturated heterocycles. The van der Waals surface area contributed by atoms with Crippen molar-refractivity contribution in [2.75, 3.05) is 54.1 Å². The molecule has 26 heavy (non-hydrogen) atoms. The van der Waals surface area contributed by atoms with Crippen molar-refractivity contribution in [3.05, 3.63) is 23.9 Å². The molecule has 0 saturated carbocycles. The van der Waals surface area contributed by atoms with E-state index in [2.05, 4.69) is 39.5 Å². The summed E-state index contributed by atoms with van der Waals surface area (Å²) >= 11 is 0. The standard InChI is InChI=1S/C19H35N5O2/c1-5-6-15-26-18-17(9-7-10-21-18)16-23-19(20-2)22-11-13-24(3)12-8-14-25-4/h7,9-10H,5-6,8,11-16H2,1-4H3,(H2,20,22,23). The number of methoxy groups -OCH3 is 1. The van der Waals surface area contributed by atoms with Gasteiger partial charge in [0.05, 0.1) is 6.61 Å². The van der Waals surface area contributed by atoms with E-state index in [1.54, 1.807) is 20.4 Å². The van der Waals surface area contributed by atoms with Crippen molar-refractivity contribution in [3.8, 4) is 5.88 Å². The molecule has 0 aliphatic carbocycles. The zero-order valence-corrected chi connectivity index (χ0v) is 16.8. The average Bonchev–Trinajstić information content (AvgIpc) is 2.66. The molecule has 0 fully saturated rings. The summed E-state index contributed by atoms with van der Waals surface area (Å²) in [7, 11) is 5.63. The summed E-state index contributed by atoms with van der Waals surface area (Å²) in [6, 6.07) is 3.95. The number of rotatable bonds is 13. The highest BCUT2D eigenvalue weighted by Crippen LogP contribution is 2.14. The number of guanidine groups is 1. The Morgan fingerprint density at radius 3 is 2.81 bits per heavy atom. The SMILES string of the molecule is CCCCOc1ncccc1CNC(=NC)NCCN(C)CCCOC. The minimum absolute atomic E-state index is 0.624. The molecule has 148 valence electrons. The number of ether oxygens (including phenoxy) is 2. The molecule has 0 aliphatic rings. The van der Waals surface area contributed by atoms with Crippen LogP contribution in [0.2, 0.25) is 0 Å². The molecule has 2 N–H and O–H groups in total. The maximum absolute atomic E-state index is 5.77. The fourth-order valence-electron chi connectivity index (χ4n) is 2.36. The van der Waals surface area contributed by atoms with Gasteiger partial charge in [0.1, 0.15) is 0 Å². The number of aliphatic imine (C=N–C) groups is 1. The lowest BCUT2D eigenvalue weighted by atomic mass is 10.2. The molecular formula is C19H35N5O2. The summed E-state index contributed by atoms with van der Waals surface area (Å²) in [4.78, 5) is 10.9. The Labute approximate surface area is 158 Å². The molecule has 1 heterocycles. The van der Waals surface area contributed by atoms with Crippen LogP contribution in [0.1, 0.15) is 31.7 Å². The van der Waals surface area contributed by atoms with Crippen LogP contribution in [0.3, 0.4) is 0 Å². The van der Waals surface area contributed by atoms with Gasteiger partial charge in [-0.3, -0.25) is 4.99 Å². The first-order valence-electron chi connectivity index (χ1n) is 9.40. The Morgan fingerprint density at radius 1 is 1.23 bits per heavy atom. The first-order chi connectivity index (χ1) is 12.7. The molecule has 1 rings (SSSR count). The van der Waals surface area contributed by atoms with E-state index < -0.39 is 0 Å². The molecule has 1 aromatic rings. The largest absolute Gasteiger partial charge is 0.477 e. The van der Waals surface area contributed by atoms with E-state index in [1.165, 1.54) is 0 Å². The molecule has 0 atom stereocenters. The highest BCUT2D eigenvalue weighted by Gasteiger charge is 2.06. The van der Waals surface area contributed by atoms with E-state index in [0.717, 1.165) is 57.0 Å². The number of hydrogen-bond donors (Lipinski definition) is 2. The Kier molecular flexibility index (Phi) is 12.2. The Bertz CT molecular complexity index is 510. The molecule has 0 bridgehead atoms. The normalized spacial score (nSPS) is 11.7. The van der Waals surface area contributed by atoms with Crippen LogP contribution < -0.4 is 15.4 Å². The zero-order valence-electron chi connectivity index (χ0n) is 16.8. The van der Waals surface area contributed by atoms with Crippen LogP contribution in [-0.4, -0.2) is 69.9 Å². The van der Waals surface area contributed by atoms with Crippen LogP contribution in [0.5, 0.6) is 5.88 Å². The van der Waals surface area contributed by atoms with Gasteiger partial charge in [-0.25, -0.2) is 4.98 Å². The summed E-state index contributed by atoms with van der Waals surface area (Å²) in [5.41, 5.74) is 1.03. The van der Waals surface area contributed by atoms with Gasteiger partial charge in [-0.15, -0.1) is 0 Å². The van der Waals surface area contributed by atoms with Crippen LogP contribution in [0.25, 0.3) is 0 Å². The van der Waals surface area contributed by atoms with Gasteiger partial charge in [0, 0.05) is 58.7 Å². The second-order valence-corrected chi connectivity index (χ2v) is 6.17. The fourth-order valence-corrected chi connectivity index (χ4v) is 2.36. The molecule has 0 amide bonds. The third kappa shape index (κ3) is 9.58. The smallest absolute Gasteiger partial charge is 0.218 e. The fraction of sp³-hybridized carbons (Fsp3) is 0.684. The number of pyridine rings is 1. The molecule has 7 heteroatoms. The van der Waals surface area contributed by atoms with Gasteiger partial charge >= 0.3 is 0 Å². The minimum atomic E-state index is 0.624. The number of likely N-dealkylation sites (N-methyl/N-ethyl adjacent to an activating group) is 1. The lowest BCUT2D eigenvalue weighted by Gasteiger charge is -2.18. The van der Waals surface area contributed by atoms with Crippen LogP contribution in [-0.2, 0) is 11.3 Å². The maximum Gasteiger partial charge on any atom is 0.218 e. The van der Waals surface area contributed by atoms with Crippen molar-refractivity contribution in [2.45, 2.75) is 32.7 Å². The average molecular weight is 366 g/mol. The van der Waals surface area contributed by atoms with Crippen molar-refractivity contribution in [3.63, 3.8) is 0 Å². The van der Waals surface area contributed by atoms with Crippen molar-refractivity contribution in [1.82, 2.24) is 20.5 Å². The Balaban J connectivity index is 2.35. The molecule has 0 spiro atoms. The monoisotopic (exact) mass is 365 g/mol. The Morgan fingerprint density at radius 2 is 2.08 bits per heavy atom. The summed E-state index contributed by atoms with van der Waals surface area (Å²) in [5.74, 6) is 1.47. The van der Waals surface area contributed by atoms with Gasteiger partial charge in [-0.1, -0.05) is 19.4 Å². The van der Waals surface area contributed by atoms with E-state index in [4.69, 9.17) is 9.47 Å². The van der Waals surface area contributed by atoms with Gasteiger partial charge in [0.2, 0.25) is 5.88 Å². The number of aromatic nitrogens is 1. The third-order valence-corrected chi connectivity index (χ3v) is 3.93. The van der Waals surface area contributed by atoms with E-state index in [9.17, 15) is 0 Å². The van der Waals surface area contributed by atoms with Crippen molar-refractivity contribution < 1.29 is 9.47 Å². The number of unbranched alkanes of at least 4 members (excludes halogenated alkanes) is 1. The number of nitrogens with one attached hydrogen (secondary N) is 2. The third-order valence-electron chi connectivity index (χ3n) is 3.93. The molecule has 0 unspecified atom stereocenters. The minimum Gasteiger partial charge on any atom is -0.477 e. The maximum atomic E-state index is 5.77. The molecule has 0 aromatic carbocycles. The molecule has 0 aliphatic heterocycles. The van der Waals surface area contributed by atoms with E-state index >= 15 is 0 Å². The van der Waals surface area contributed by atoms with Gasteiger partial charge in [0.15, 0.2) is 5.96 Å². The highest BCUT2D eigenvalue weighted by molar-refractivity contribution is 5.79. The highest BCUT2D eigenvalue weighted by atomic mass is 16.5. The number of nitrogens with zero attached hydrogens (tertiary/aromatic N) is 3. The first-order valence-corrected chi connectivity index (χ1v) is 9.40. The molecule has 7 nitrogen and oxygen atoms in total. The Hall–Kier alpha value is -1.86. The van der Waals surface area contributed by atoms with Crippen molar-refractivity contribution in [2.24, 2.45) is 4.99 Å². The molecule has 0 radical (unpaired) electrons. The zero-order chi connectivity index (χ0) is 19.0. The van der Waals surface area contributed by atoms with Crippen molar-refractivity contribution >= 4 is 5.96 Å².